The number of rotatable bonds is 37. The summed E-state index contributed by atoms with van der Waals surface area (Å²) in [5.74, 6) is -11.4. The molecule has 0 saturated carbocycles. The van der Waals surface area contributed by atoms with Crippen molar-refractivity contribution in [2.24, 2.45) is 23.5 Å². The van der Waals surface area contributed by atoms with Crippen LogP contribution in [0.4, 0.5) is 0 Å². The molecule has 15 N–H and O–H groups in total. The monoisotopic (exact) mass is 1300 g/mol. The number of carboxylic acids is 1. The summed E-state index contributed by atoms with van der Waals surface area (Å²) < 4.78 is 5.90. The van der Waals surface area contributed by atoms with Crippen molar-refractivity contribution in [2.75, 3.05) is 6.54 Å². The maximum atomic E-state index is 15.5. The summed E-state index contributed by atoms with van der Waals surface area (Å²) in [5, 5.41) is 45.6. The molecule has 27 nitrogen and oxygen atoms in total. The van der Waals surface area contributed by atoms with Gasteiger partial charge in [-0.05, 0) is 93.9 Å². The number of carbonyl (C=O) groups is 11. The molecule has 1 unspecified atom stereocenters. The molecule has 0 bridgehead atoms. The van der Waals surface area contributed by atoms with Gasteiger partial charge in [-0.1, -0.05) is 120 Å². The largest absolute Gasteiger partial charge is 0.480 e. The van der Waals surface area contributed by atoms with E-state index in [9.17, 15) is 48.6 Å². The molecule has 510 valence electrons. The Balaban J connectivity index is 1.40. The van der Waals surface area contributed by atoms with Gasteiger partial charge in [0.25, 0.3) is 5.91 Å². The van der Waals surface area contributed by atoms with Crippen LogP contribution in [0.25, 0.3) is 10.9 Å². The number of fused-ring (bicyclic) bond motifs is 1. The Bertz CT molecular complexity index is 3370. The number of aliphatic hydroxyl groups excluding tert-OH is 1. The normalized spacial score (nSPS) is 14.7. The molecule has 9 amide bonds. The molecule has 5 rings (SSSR count). The maximum absolute atomic E-state index is 15.5. The number of nitrogens with zero attached hydrogens (tertiary/aromatic N) is 1. The van der Waals surface area contributed by atoms with Crippen molar-refractivity contribution in [1.82, 2.24) is 62.8 Å². The number of H-pyrrole nitrogens is 2. The first kappa shape index (κ1) is 75.2. The van der Waals surface area contributed by atoms with Crippen molar-refractivity contribution in [3.63, 3.8) is 0 Å². The number of esters is 1. The Morgan fingerprint density at radius 1 is 0.638 bits per heavy atom. The van der Waals surface area contributed by atoms with Crippen molar-refractivity contribution in [1.29, 1.82) is 0 Å². The van der Waals surface area contributed by atoms with E-state index in [1.54, 1.807) is 82.3 Å². The summed E-state index contributed by atoms with van der Waals surface area (Å²) in [5.41, 5.74) is 4.89. The third-order valence-electron chi connectivity index (χ3n) is 15.2. The predicted molar refractivity (Wildman–Crippen MR) is 349 cm³/mol. The first-order valence-corrected chi connectivity index (χ1v) is 31.5. The Morgan fingerprint density at radius 3 is 1.85 bits per heavy atom. The van der Waals surface area contributed by atoms with Gasteiger partial charge in [0.1, 0.15) is 36.8 Å². The van der Waals surface area contributed by atoms with E-state index in [1.807, 2.05) is 65.0 Å². The van der Waals surface area contributed by atoms with Crippen LogP contribution in [0.15, 0.2) is 104 Å². The standard InChI is InChI=1S/C67H93N13O14/c1-38(2)27-49(53(81)31-55(83)75-52(63(90)91)28-39(3)4)77-59(86)50(30-45-34-69-37-72-45)74-56(84)35-71-62(89)57(40(5)6)78-58(85)41(7)73-64(92)67(65(93)94-36-43-21-15-12-16-22-43,32-44-33-70-47-24-18-17-23-46(44)47)80-61(88)48(25-26-54(68)82)76-60(87)51(79-66(8,9)10)29-42-19-13-11-14-20-42/h11-24,33-34,37-41,48-53,57,70,79,81H,25-32,35-36H2,1-10H3,(H2,68,82)(H,69,72)(H,71,89)(H,73,92)(H,74,84)(H,75,83)(H,76,87)(H,77,86)(H,78,85)(H,80,88)(H,90,91)/t41-,48-,49-,50-,51+,52-,53-,57-,67?/m0/s1. The van der Waals surface area contributed by atoms with E-state index in [2.05, 4.69) is 62.8 Å². The van der Waals surface area contributed by atoms with Crippen molar-refractivity contribution in [3.05, 3.63) is 126 Å². The highest BCUT2D eigenvalue weighted by Gasteiger charge is 2.51. The number of para-hydroxylation sites is 1. The van der Waals surface area contributed by atoms with Crippen LogP contribution < -0.4 is 53.6 Å². The lowest BCUT2D eigenvalue weighted by atomic mass is 9.88. The zero-order chi connectivity index (χ0) is 69.5. The van der Waals surface area contributed by atoms with E-state index < -0.39 is 156 Å². The Labute approximate surface area is 547 Å². The number of aromatic nitrogens is 3. The highest BCUT2D eigenvalue weighted by Crippen LogP contribution is 2.26. The fraction of sp³-hybridized carbons (Fsp3) is 0.493. The number of aromatic amines is 2. The molecule has 2 heterocycles. The molecular weight excluding hydrogens is 1210 g/mol. The second-order valence-electron chi connectivity index (χ2n) is 25.8. The molecule has 27 heteroatoms. The molecule has 94 heavy (non-hydrogen) atoms. The highest BCUT2D eigenvalue weighted by molar-refractivity contribution is 6.12. The Hall–Kier alpha value is -9.50. The van der Waals surface area contributed by atoms with Crippen LogP contribution in [0.5, 0.6) is 0 Å². The molecule has 2 aromatic heterocycles. The van der Waals surface area contributed by atoms with Crippen molar-refractivity contribution in [2.45, 2.75) is 187 Å². The van der Waals surface area contributed by atoms with Gasteiger partial charge in [0.2, 0.25) is 52.8 Å². The first-order chi connectivity index (χ1) is 44.3. The minimum Gasteiger partial charge on any atom is -0.480 e. The minimum atomic E-state index is -2.76. The number of aliphatic hydroxyl groups is 1. The number of aliphatic carboxylic acids is 1. The third-order valence-corrected chi connectivity index (χ3v) is 15.2. The number of hydrogen-bond donors (Lipinski definition) is 14. The van der Waals surface area contributed by atoms with Crippen LogP contribution in [0.1, 0.15) is 124 Å². The zero-order valence-corrected chi connectivity index (χ0v) is 55.1. The number of nitrogens with two attached hydrogens (primary N) is 1. The summed E-state index contributed by atoms with van der Waals surface area (Å²) in [6.45, 7) is 16.2. The highest BCUT2D eigenvalue weighted by atomic mass is 16.5. The molecule has 0 aliphatic rings. The van der Waals surface area contributed by atoms with Crippen LogP contribution in [0.3, 0.4) is 0 Å². The number of primary amides is 1. The number of ether oxygens (including phenoxy) is 1. The average molecular weight is 1300 g/mol. The molecule has 0 aliphatic heterocycles. The van der Waals surface area contributed by atoms with Gasteiger partial charge in [-0.25, -0.2) is 14.6 Å². The predicted octanol–water partition coefficient (Wildman–Crippen LogP) is 2.17. The summed E-state index contributed by atoms with van der Waals surface area (Å²) in [4.78, 5) is 164. The van der Waals surface area contributed by atoms with Gasteiger partial charge in [-0.2, -0.15) is 0 Å². The number of nitrogens with one attached hydrogen (secondary N) is 11. The van der Waals surface area contributed by atoms with Gasteiger partial charge in [0.15, 0.2) is 0 Å². The zero-order valence-electron chi connectivity index (χ0n) is 55.1. The van der Waals surface area contributed by atoms with Gasteiger partial charge in [0, 0.05) is 53.8 Å². The fourth-order valence-electron chi connectivity index (χ4n) is 10.4. The van der Waals surface area contributed by atoms with E-state index in [-0.39, 0.29) is 50.5 Å². The van der Waals surface area contributed by atoms with Gasteiger partial charge in [-0.3, -0.25) is 43.2 Å². The number of benzene rings is 3. The van der Waals surface area contributed by atoms with Crippen molar-refractivity contribution >= 4 is 76.0 Å². The summed E-state index contributed by atoms with van der Waals surface area (Å²) in [6, 6.07) is 15.4. The maximum Gasteiger partial charge on any atom is 0.342 e. The summed E-state index contributed by atoms with van der Waals surface area (Å²) >= 11 is 0. The summed E-state index contributed by atoms with van der Waals surface area (Å²) in [6.07, 6.45) is 1.25. The van der Waals surface area contributed by atoms with Crippen molar-refractivity contribution in [3.8, 4) is 0 Å². The van der Waals surface area contributed by atoms with Crippen LogP contribution in [0.2, 0.25) is 0 Å². The van der Waals surface area contributed by atoms with Crippen LogP contribution in [0, 0.1) is 17.8 Å². The molecule has 0 aliphatic carbocycles. The van der Waals surface area contributed by atoms with E-state index in [1.165, 1.54) is 25.6 Å². The number of amides is 9. The second kappa shape index (κ2) is 35.5. The molecule has 0 saturated heterocycles. The molecule has 0 spiro atoms. The molecule has 9 atom stereocenters. The van der Waals surface area contributed by atoms with Gasteiger partial charge < -0.3 is 78.5 Å². The lowest BCUT2D eigenvalue weighted by Crippen LogP contribution is -2.69. The minimum absolute atomic E-state index is 0.0635. The molecular formula is C67H93N13O14. The molecule has 5 aromatic rings. The Morgan fingerprint density at radius 2 is 1.26 bits per heavy atom. The van der Waals surface area contributed by atoms with Gasteiger partial charge >= 0.3 is 11.9 Å². The van der Waals surface area contributed by atoms with Crippen molar-refractivity contribution < 1.29 is 67.7 Å². The third kappa shape index (κ3) is 23.9. The second-order valence-corrected chi connectivity index (χ2v) is 25.8. The number of carbonyl (C=O) groups excluding carboxylic acids is 10. The number of hydrogen-bond acceptors (Lipinski definition) is 15. The Kier molecular flexibility index (Phi) is 28.4. The smallest absolute Gasteiger partial charge is 0.342 e. The molecule has 0 radical (unpaired) electrons. The lowest BCUT2D eigenvalue weighted by Gasteiger charge is -2.34. The molecule has 3 aromatic carbocycles. The quantitative estimate of drug-likeness (QED) is 0.0200. The summed E-state index contributed by atoms with van der Waals surface area (Å²) in [7, 11) is 0. The van der Waals surface area contributed by atoms with Gasteiger partial charge in [0.05, 0.1) is 37.5 Å². The SMILES string of the molecule is CC(C)C[C@H](NC(=O)C[C@H](O)[C@H](CC(C)C)NC(=O)[C@H](Cc1cnc[nH]1)NC(=O)CNC(=O)[C@@H](NC(=O)[C@H](C)NC(=O)C(Cc1c[nH]c2ccccc12)(NC(=O)[C@H](CCC(N)=O)NC(=O)[C@@H](Cc1ccccc1)NC(C)(C)C)C(=O)OCc1ccccc1)C(C)C)C(=O)O. The van der Waals surface area contributed by atoms with E-state index >= 15 is 14.4 Å². The van der Waals surface area contributed by atoms with E-state index in [0.717, 1.165) is 5.56 Å². The number of carboxylic acid groups (broad SMARTS) is 1. The fourth-order valence-corrected chi connectivity index (χ4v) is 10.4. The topological polar surface area (TPSA) is 416 Å². The lowest BCUT2D eigenvalue weighted by molar-refractivity contribution is -0.160. The van der Waals surface area contributed by atoms with E-state index in [4.69, 9.17) is 10.5 Å². The van der Waals surface area contributed by atoms with Gasteiger partial charge in [-0.15, -0.1) is 0 Å². The van der Waals surface area contributed by atoms with Crippen LogP contribution in [-0.2, 0) is 83.3 Å². The first-order valence-electron chi connectivity index (χ1n) is 31.5. The number of imidazole rings is 1. The van der Waals surface area contributed by atoms with Crippen LogP contribution >= 0.6 is 0 Å². The average Bonchev–Trinajstić information content (AvgIpc) is 1.32. The molecule has 0 fully saturated rings. The van der Waals surface area contributed by atoms with E-state index in [0.29, 0.717) is 27.7 Å². The van der Waals surface area contributed by atoms with Crippen LogP contribution in [-0.4, -0.2) is 156 Å².